The van der Waals surface area contributed by atoms with Gasteiger partial charge in [0, 0.05) is 12.1 Å². The average molecular weight is 534 g/mol. The zero-order valence-corrected chi connectivity index (χ0v) is 23.2. The minimum Gasteiger partial charge on any atom is -0.493 e. The molecule has 1 amide bonds. The maximum atomic E-state index is 12.6. The molecule has 1 aromatic heterocycles. The monoisotopic (exact) mass is 533 g/mol. The largest absolute Gasteiger partial charge is 0.493 e. The minimum absolute atomic E-state index is 0.0496. The Morgan fingerprint density at radius 2 is 1.79 bits per heavy atom. The third kappa shape index (κ3) is 8.17. The van der Waals surface area contributed by atoms with Gasteiger partial charge in [0.15, 0.2) is 11.5 Å². The van der Waals surface area contributed by atoms with Crippen molar-refractivity contribution in [1.82, 2.24) is 15.2 Å². The molecule has 2 aromatic carbocycles. The zero-order valence-electron chi connectivity index (χ0n) is 23.2. The smallest absolute Gasteiger partial charge is 0.227 e. The van der Waals surface area contributed by atoms with Gasteiger partial charge in [-0.1, -0.05) is 30.3 Å². The predicted molar refractivity (Wildman–Crippen MR) is 150 cm³/mol. The summed E-state index contributed by atoms with van der Waals surface area (Å²) in [6.07, 6.45) is 4.34. The average Bonchev–Trinajstić information content (AvgIpc) is 3.31. The van der Waals surface area contributed by atoms with E-state index in [4.69, 9.17) is 13.9 Å². The first-order valence-corrected chi connectivity index (χ1v) is 13.7. The number of nitrogens with one attached hydrogen (secondary N) is 1. The molecular formula is C31H39N3O5. The van der Waals surface area contributed by atoms with Gasteiger partial charge in [0.25, 0.3) is 0 Å². The van der Waals surface area contributed by atoms with Crippen LogP contribution in [0.15, 0.2) is 52.9 Å². The molecule has 0 unspecified atom stereocenters. The lowest BCUT2D eigenvalue weighted by atomic mass is 9.90. The van der Waals surface area contributed by atoms with E-state index in [9.17, 15) is 9.59 Å². The number of methoxy groups -OCH3 is 2. The molecule has 0 saturated carbocycles. The Balaban J connectivity index is 1.15. The molecule has 8 heteroatoms. The molecule has 1 aliphatic heterocycles. The van der Waals surface area contributed by atoms with Crippen molar-refractivity contribution in [2.75, 3.05) is 40.4 Å². The van der Waals surface area contributed by atoms with Gasteiger partial charge in [0.2, 0.25) is 11.8 Å². The molecule has 3 aromatic rings. The van der Waals surface area contributed by atoms with Crippen LogP contribution in [0, 0.1) is 12.8 Å². The normalized spacial score (nSPS) is 14.2. The fourth-order valence-corrected chi connectivity index (χ4v) is 5.07. The Labute approximate surface area is 230 Å². The van der Waals surface area contributed by atoms with Gasteiger partial charge in [0.05, 0.1) is 32.8 Å². The molecular weight excluding hydrogens is 494 g/mol. The van der Waals surface area contributed by atoms with Gasteiger partial charge in [-0.3, -0.25) is 9.59 Å². The highest BCUT2D eigenvalue weighted by atomic mass is 16.5. The number of carbonyl (C=O) groups excluding carboxylic acids is 2. The third-order valence-electron chi connectivity index (χ3n) is 7.29. The van der Waals surface area contributed by atoms with E-state index in [0.29, 0.717) is 41.0 Å². The van der Waals surface area contributed by atoms with Crippen LogP contribution in [0.3, 0.4) is 0 Å². The number of hydrogen-bond acceptors (Lipinski definition) is 7. The molecule has 0 spiro atoms. The number of piperidine rings is 1. The second-order valence-electron chi connectivity index (χ2n) is 10.2. The van der Waals surface area contributed by atoms with Crippen LogP contribution in [0.4, 0.5) is 0 Å². The van der Waals surface area contributed by atoms with E-state index in [2.05, 4.69) is 45.5 Å². The summed E-state index contributed by atoms with van der Waals surface area (Å²) in [7, 11) is 3.14. The number of hydrogen-bond donors (Lipinski definition) is 1. The van der Waals surface area contributed by atoms with Crippen LogP contribution in [0.5, 0.6) is 11.5 Å². The van der Waals surface area contributed by atoms with E-state index < -0.39 is 0 Å². The summed E-state index contributed by atoms with van der Waals surface area (Å²) in [5.41, 5.74) is 2.67. The predicted octanol–water partition coefficient (Wildman–Crippen LogP) is 4.63. The molecule has 39 heavy (non-hydrogen) atoms. The van der Waals surface area contributed by atoms with Gasteiger partial charge in [-0.15, -0.1) is 0 Å². The highest BCUT2D eigenvalue weighted by Crippen LogP contribution is 2.32. The number of ether oxygens (including phenoxy) is 2. The first-order chi connectivity index (χ1) is 18.9. The van der Waals surface area contributed by atoms with Gasteiger partial charge < -0.3 is 24.1 Å². The summed E-state index contributed by atoms with van der Waals surface area (Å²) >= 11 is 0. The van der Waals surface area contributed by atoms with Crippen molar-refractivity contribution in [3.05, 3.63) is 65.5 Å². The van der Waals surface area contributed by atoms with Crippen molar-refractivity contribution < 1.29 is 23.5 Å². The minimum atomic E-state index is -0.247. The topological polar surface area (TPSA) is 93.9 Å². The van der Waals surface area contributed by atoms with Crippen molar-refractivity contribution in [3.63, 3.8) is 0 Å². The summed E-state index contributed by atoms with van der Waals surface area (Å²) in [5, 5.41) is 2.89. The molecule has 0 aliphatic carbocycles. The Bertz CT molecular complexity index is 1230. The molecule has 1 aliphatic rings. The van der Waals surface area contributed by atoms with Gasteiger partial charge in [-0.2, -0.15) is 0 Å². The van der Waals surface area contributed by atoms with Crippen LogP contribution in [-0.4, -0.2) is 62.0 Å². The maximum Gasteiger partial charge on any atom is 0.227 e. The van der Waals surface area contributed by atoms with E-state index in [1.807, 2.05) is 6.07 Å². The first kappa shape index (κ1) is 28.4. The van der Waals surface area contributed by atoms with Gasteiger partial charge in [-0.25, -0.2) is 4.98 Å². The number of aryl methyl sites for hydroxylation is 1. The quantitative estimate of drug-likeness (QED) is 0.253. The van der Waals surface area contributed by atoms with E-state index in [0.717, 1.165) is 38.4 Å². The van der Waals surface area contributed by atoms with Crippen molar-refractivity contribution in [2.24, 2.45) is 5.92 Å². The highest BCUT2D eigenvalue weighted by Gasteiger charge is 2.20. The van der Waals surface area contributed by atoms with E-state index in [-0.39, 0.29) is 24.5 Å². The van der Waals surface area contributed by atoms with Crippen LogP contribution in [0.2, 0.25) is 0 Å². The first-order valence-electron chi connectivity index (χ1n) is 13.7. The number of oxazole rings is 1. The number of rotatable bonds is 13. The van der Waals surface area contributed by atoms with Crippen molar-refractivity contribution in [1.29, 1.82) is 0 Å². The Morgan fingerprint density at radius 1 is 1.05 bits per heavy atom. The van der Waals surface area contributed by atoms with E-state index in [1.54, 1.807) is 33.3 Å². The Hall–Kier alpha value is -3.65. The number of nitrogens with zero attached hydrogens (tertiary/aromatic N) is 2. The van der Waals surface area contributed by atoms with Crippen LogP contribution < -0.4 is 14.8 Å². The van der Waals surface area contributed by atoms with E-state index >= 15 is 0 Å². The summed E-state index contributed by atoms with van der Waals surface area (Å²) in [6, 6.07) is 16.1. The summed E-state index contributed by atoms with van der Waals surface area (Å²) in [6.45, 7) is 5.51. The number of ketones is 1. The molecule has 8 nitrogen and oxygen atoms in total. The fraction of sp³-hybridized carbons (Fsp3) is 0.452. The molecule has 1 saturated heterocycles. The Kier molecular flexibility index (Phi) is 10.1. The number of amides is 1. The van der Waals surface area contributed by atoms with Crippen molar-refractivity contribution >= 4 is 11.7 Å². The van der Waals surface area contributed by atoms with E-state index in [1.165, 1.54) is 18.4 Å². The summed E-state index contributed by atoms with van der Waals surface area (Å²) in [5.74, 6) is 2.43. The summed E-state index contributed by atoms with van der Waals surface area (Å²) in [4.78, 5) is 31.9. The lowest BCUT2D eigenvalue weighted by Crippen LogP contribution is -2.36. The number of carbonyl (C=O) groups is 2. The summed E-state index contributed by atoms with van der Waals surface area (Å²) < 4.78 is 16.4. The second kappa shape index (κ2) is 13.9. The molecule has 2 heterocycles. The van der Waals surface area contributed by atoms with Crippen molar-refractivity contribution in [2.45, 2.75) is 45.4 Å². The third-order valence-corrected chi connectivity index (χ3v) is 7.29. The van der Waals surface area contributed by atoms with Crippen LogP contribution in [0.1, 0.15) is 42.7 Å². The van der Waals surface area contributed by atoms with Crippen LogP contribution in [0.25, 0.3) is 11.5 Å². The molecule has 1 N–H and O–H groups in total. The molecule has 208 valence electrons. The molecule has 0 bridgehead atoms. The van der Waals surface area contributed by atoms with Gasteiger partial charge in [0.1, 0.15) is 11.5 Å². The SMILES string of the molecule is COc1ccc(-c2nc(CC(=O)CC(=O)NCCCN3CCC(Cc4ccccc4)CC3)c(C)o2)cc1OC. The fourth-order valence-electron chi connectivity index (χ4n) is 5.07. The number of likely N-dealkylation sites (tertiary alicyclic amines) is 1. The Morgan fingerprint density at radius 3 is 2.51 bits per heavy atom. The van der Waals surface area contributed by atoms with Gasteiger partial charge >= 0.3 is 0 Å². The zero-order chi connectivity index (χ0) is 27.6. The lowest BCUT2D eigenvalue weighted by Gasteiger charge is -2.32. The van der Waals surface area contributed by atoms with Crippen LogP contribution in [-0.2, 0) is 22.4 Å². The maximum absolute atomic E-state index is 12.6. The number of aromatic nitrogens is 1. The molecule has 4 rings (SSSR count). The molecule has 1 fully saturated rings. The molecule has 0 radical (unpaired) electrons. The lowest BCUT2D eigenvalue weighted by molar-refractivity contribution is -0.127. The number of Topliss-reactive ketones (excluding diaryl/α,β-unsaturated/α-hetero) is 1. The second-order valence-corrected chi connectivity index (χ2v) is 10.2. The highest BCUT2D eigenvalue weighted by molar-refractivity contribution is 5.98. The van der Waals surface area contributed by atoms with Crippen LogP contribution >= 0.6 is 0 Å². The van der Waals surface area contributed by atoms with Crippen molar-refractivity contribution in [3.8, 4) is 23.0 Å². The number of benzene rings is 2. The molecule has 0 atom stereocenters. The standard InChI is InChI=1S/C31H39N3O5/c1-22-27(33-31(39-22)25-10-11-28(37-2)29(19-25)38-3)20-26(35)21-30(36)32-14-7-15-34-16-12-24(13-17-34)18-23-8-5-4-6-9-23/h4-6,8-11,19,24H,7,12-18,20-21H2,1-3H3,(H,32,36). The van der Waals surface area contributed by atoms with Gasteiger partial charge in [-0.05, 0) is 81.9 Å².